The summed E-state index contributed by atoms with van der Waals surface area (Å²) in [5.41, 5.74) is 1.28. The van der Waals surface area contributed by atoms with Crippen LogP contribution in [0.5, 0.6) is 0 Å². The molecule has 0 aromatic heterocycles. The van der Waals surface area contributed by atoms with Gasteiger partial charge in [-0.2, -0.15) is 7.05 Å². The Morgan fingerprint density at radius 2 is 1.73 bits per heavy atom. The smallest absolute Gasteiger partial charge is 0.659 e. The number of hydrogen-bond donors (Lipinski definition) is 0. The van der Waals surface area contributed by atoms with Crippen LogP contribution in [-0.4, -0.2) is 7.05 Å². The molecule has 1 rings (SSSR count). The van der Waals surface area contributed by atoms with Crippen LogP contribution in [0.4, 0.5) is 0 Å². The summed E-state index contributed by atoms with van der Waals surface area (Å²) in [5.74, 6) is 0. The van der Waals surface area contributed by atoms with Gasteiger partial charge in [-0.25, -0.2) is 0 Å². The molecule has 11 heavy (non-hydrogen) atoms. The van der Waals surface area contributed by atoms with E-state index >= 15 is 0 Å². The van der Waals surface area contributed by atoms with Gasteiger partial charge in [0.25, 0.3) is 0 Å². The first-order valence-electron chi connectivity index (χ1n) is 3.48. The van der Waals surface area contributed by atoms with E-state index in [1.807, 2.05) is 25.2 Å². The normalized spacial score (nSPS) is 11.8. The molecule has 0 heterocycles. The molecule has 1 unspecified atom stereocenters. The molecule has 0 saturated heterocycles. The molecule has 54 valence electrons. The molecule has 0 spiro atoms. The van der Waals surface area contributed by atoms with E-state index in [1.54, 1.807) is 0 Å². The first-order valence-corrected chi connectivity index (χ1v) is 3.48. The Balaban J connectivity index is 0.000001000. The van der Waals surface area contributed by atoms with Crippen molar-refractivity contribution in [2.45, 2.75) is 13.0 Å². The first kappa shape index (κ1) is 11.8. The summed E-state index contributed by atoms with van der Waals surface area (Å²) < 4.78 is 0. The molecule has 0 aliphatic rings. The van der Waals surface area contributed by atoms with Gasteiger partial charge in [0.15, 0.2) is 0 Å². The molecule has 0 amide bonds. The molecule has 0 radical (unpaired) electrons. The van der Waals surface area contributed by atoms with Crippen LogP contribution >= 0.6 is 0 Å². The third-order valence-electron chi connectivity index (χ3n) is 1.67. The van der Waals surface area contributed by atoms with Crippen LogP contribution in [0.2, 0.25) is 0 Å². The molecule has 1 aromatic carbocycles. The Bertz CT molecular complexity index is 186. The molecular formula is C9H12KN. The van der Waals surface area contributed by atoms with E-state index in [1.165, 1.54) is 5.56 Å². The summed E-state index contributed by atoms with van der Waals surface area (Å²) >= 11 is 0. The van der Waals surface area contributed by atoms with Gasteiger partial charge in [0.05, 0.1) is 0 Å². The van der Waals surface area contributed by atoms with Gasteiger partial charge in [0.1, 0.15) is 0 Å². The van der Waals surface area contributed by atoms with E-state index in [0.717, 1.165) is 0 Å². The fourth-order valence-electron chi connectivity index (χ4n) is 0.881. The van der Waals surface area contributed by atoms with Gasteiger partial charge in [0.2, 0.25) is 0 Å². The van der Waals surface area contributed by atoms with Gasteiger partial charge in [-0.1, -0.05) is 42.8 Å². The summed E-state index contributed by atoms with van der Waals surface area (Å²) in [6.07, 6.45) is 0. The van der Waals surface area contributed by atoms with Gasteiger partial charge in [0, 0.05) is 0 Å². The molecule has 1 nitrogen and oxygen atoms in total. The predicted molar refractivity (Wildman–Crippen MR) is 44.1 cm³/mol. The standard InChI is InChI=1S/C9H12N.K/c1-8(10-2)9-6-4-3-5-7-9;/h3-8H,1-2H3;/q-1;+1. The molecule has 0 bridgehead atoms. The van der Waals surface area contributed by atoms with E-state index in [0.29, 0.717) is 6.04 Å². The van der Waals surface area contributed by atoms with E-state index in [2.05, 4.69) is 24.4 Å². The van der Waals surface area contributed by atoms with Crippen LogP contribution < -0.4 is 51.4 Å². The van der Waals surface area contributed by atoms with Crippen molar-refractivity contribution in [3.8, 4) is 0 Å². The van der Waals surface area contributed by atoms with Crippen molar-refractivity contribution >= 4 is 0 Å². The molecule has 0 aliphatic carbocycles. The summed E-state index contributed by atoms with van der Waals surface area (Å²) in [5, 5.41) is 4.16. The zero-order valence-corrected chi connectivity index (χ0v) is 10.5. The fraction of sp³-hybridized carbons (Fsp3) is 0.333. The Morgan fingerprint density at radius 1 is 1.18 bits per heavy atom. The Morgan fingerprint density at radius 3 is 2.18 bits per heavy atom. The van der Waals surface area contributed by atoms with Crippen molar-refractivity contribution in [2.75, 3.05) is 7.05 Å². The summed E-state index contributed by atoms with van der Waals surface area (Å²) in [6, 6.07) is 10.6. The Labute approximate surface area is 111 Å². The van der Waals surface area contributed by atoms with Crippen molar-refractivity contribution in [1.29, 1.82) is 0 Å². The Hall–Kier alpha value is 0.816. The van der Waals surface area contributed by atoms with Crippen molar-refractivity contribution in [2.24, 2.45) is 0 Å². The minimum absolute atomic E-state index is 0. The van der Waals surface area contributed by atoms with Gasteiger partial charge in [-0.05, 0) is 0 Å². The van der Waals surface area contributed by atoms with Crippen molar-refractivity contribution in [3.05, 3.63) is 41.2 Å². The van der Waals surface area contributed by atoms with Crippen LogP contribution in [0, 0.1) is 0 Å². The van der Waals surface area contributed by atoms with Gasteiger partial charge in [-0.3, -0.25) is 0 Å². The van der Waals surface area contributed by atoms with E-state index in [9.17, 15) is 0 Å². The van der Waals surface area contributed by atoms with E-state index < -0.39 is 0 Å². The second-order valence-electron chi connectivity index (χ2n) is 2.34. The van der Waals surface area contributed by atoms with Crippen LogP contribution in [0.15, 0.2) is 30.3 Å². The summed E-state index contributed by atoms with van der Waals surface area (Å²) in [4.78, 5) is 0. The molecule has 2 heteroatoms. The SMILES string of the molecule is C[N-]C(C)c1ccccc1.[K+]. The van der Waals surface area contributed by atoms with Crippen LogP contribution in [0.1, 0.15) is 18.5 Å². The van der Waals surface area contributed by atoms with Gasteiger partial charge >= 0.3 is 51.4 Å². The second kappa shape index (κ2) is 6.35. The molecule has 0 N–H and O–H groups in total. The molecule has 1 atom stereocenters. The monoisotopic (exact) mass is 173 g/mol. The number of nitrogens with zero attached hydrogens (tertiary/aromatic N) is 1. The minimum Gasteiger partial charge on any atom is -0.659 e. The third kappa shape index (κ3) is 3.83. The number of benzene rings is 1. The zero-order valence-electron chi connectivity index (χ0n) is 7.41. The number of rotatable bonds is 2. The fourth-order valence-corrected chi connectivity index (χ4v) is 0.881. The molecule has 1 aromatic rings. The molecule has 0 fully saturated rings. The van der Waals surface area contributed by atoms with Crippen molar-refractivity contribution in [3.63, 3.8) is 0 Å². The molecule has 0 saturated carbocycles. The molecule has 0 aliphatic heterocycles. The van der Waals surface area contributed by atoms with Crippen LogP contribution in [-0.2, 0) is 0 Å². The molecular weight excluding hydrogens is 161 g/mol. The summed E-state index contributed by atoms with van der Waals surface area (Å²) in [7, 11) is 1.84. The van der Waals surface area contributed by atoms with Crippen molar-refractivity contribution in [1.82, 2.24) is 0 Å². The average molecular weight is 173 g/mol. The zero-order chi connectivity index (χ0) is 7.40. The van der Waals surface area contributed by atoms with E-state index in [-0.39, 0.29) is 51.4 Å². The van der Waals surface area contributed by atoms with Gasteiger partial charge < -0.3 is 5.32 Å². The largest absolute Gasteiger partial charge is 1.00 e. The minimum atomic E-state index is 0. The van der Waals surface area contributed by atoms with Gasteiger partial charge in [-0.15, -0.1) is 6.04 Å². The first-order chi connectivity index (χ1) is 4.84. The third-order valence-corrected chi connectivity index (χ3v) is 1.67. The Kier molecular flexibility index (Phi) is 6.82. The van der Waals surface area contributed by atoms with Crippen LogP contribution in [0.3, 0.4) is 0 Å². The topological polar surface area (TPSA) is 14.1 Å². The average Bonchev–Trinajstić information content (AvgIpc) is 2.05. The maximum absolute atomic E-state index is 4.16. The predicted octanol–water partition coefficient (Wildman–Crippen LogP) is -0.245. The van der Waals surface area contributed by atoms with Crippen molar-refractivity contribution < 1.29 is 51.4 Å². The second-order valence-corrected chi connectivity index (χ2v) is 2.34. The van der Waals surface area contributed by atoms with Crippen LogP contribution in [0.25, 0.3) is 5.32 Å². The quantitative estimate of drug-likeness (QED) is 0.548. The maximum atomic E-state index is 4.16. The van der Waals surface area contributed by atoms with E-state index in [4.69, 9.17) is 0 Å². The summed E-state index contributed by atoms with van der Waals surface area (Å²) in [6.45, 7) is 2.09. The maximum Gasteiger partial charge on any atom is 1.00 e. The number of hydrogen-bond acceptors (Lipinski definition) is 0.